The molecule has 0 fully saturated rings. The van der Waals surface area contributed by atoms with Gasteiger partial charge in [-0.25, -0.2) is 4.98 Å². The van der Waals surface area contributed by atoms with Crippen molar-refractivity contribution in [3.8, 4) is 17.1 Å². The first-order chi connectivity index (χ1) is 15.7. The fourth-order valence-corrected chi connectivity index (χ4v) is 4.08. The van der Waals surface area contributed by atoms with Crippen molar-refractivity contribution in [1.82, 2.24) is 19.7 Å². The van der Waals surface area contributed by atoms with Gasteiger partial charge in [-0.3, -0.25) is 9.36 Å². The lowest BCUT2D eigenvalue weighted by atomic mass is 10.2. The second kappa shape index (κ2) is 10.4. The molecule has 0 spiro atoms. The van der Waals surface area contributed by atoms with Gasteiger partial charge in [0.05, 0.1) is 23.8 Å². The van der Waals surface area contributed by atoms with Crippen molar-refractivity contribution in [1.29, 1.82) is 0 Å². The Morgan fingerprint density at radius 3 is 2.69 bits per heavy atom. The molecule has 9 heteroatoms. The first-order valence-corrected chi connectivity index (χ1v) is 11.3. The van der Waals surface area contributed by atoms with Crippen LogP contribution in [0.1, 0.15) is 19.2 Å². The third-order valence-corrected chi connectivity index (χ3v) is 5.80. The SMILES string of the molecule is CCOCCCn1c(SCc2nc(-c3ccc(OC)cc3)no2)nc2ccccc2c1=O. The summed E-state index contributed by atoms with van der Waals surface area (Å²) in [6.07, 6.45) is 0.726. The van der Waals surface area contributed by atoms with Gasteiger partial charge in [-0.05, 0) is 49.7 Å². The lowest BCUT2D eigenvalue weighted by Gasteiger charge is -2.12. The average molecular weight is 453 g/mol. The maximum Gasteiger partial charge on any atom is 0.262 e. The van der Waals surface area contributed by atoms with Crippen molar-refractivity contribution >= 4 is 22.7 Å². The molecule has 4 rings (SSSR count). The van der Waals surface area contributed by atoms with E-state index in [1.807, 2.05) is 49.4 Å². The van der Waals surface area contributed by atoms with Crippen molar-refractivity contribution in [2.24, 2.45) is 0 Å². The van der Waals surface area contributed by atoms with Gasteiger partial charge in [-0.15, -0.1) is 0 Å². The molecule has 2 heterocycles. The number of benzene rings is 2. The number of hydrogen-bond acceptors (Lipinski definition) is 8. The largest absolute Gasteiger partial charge is 0.497 e. The van der Waals surface area contributed by atoms with E-state index in [9.17, 15) is 4.79 Å². The number of thioether (sulfide) groups is 1. The fourth-order valence-electron chi connectivity index (χ4n) is 3.22. The van der Waals surface area contributed by atoms with Gasteiger partial charge in [0, 0.05) is 25.3 Å². The number of para-hydroxylation sites is 1. The van der Waals surface area contributed by atoms with Gasteiger partial charge in [0.1, 0.15) is 5.75 Å². The summed E-state index contributed by atoms with van der Waals surface area (Å²) in [5, 5.41) is 5.29. The Labute approximate surface area is 189 Å². The maximum absolute atomic E-state index is 13.1. The van der Waals surface area contributed by atoms with Crippen LogP contribution in [-0.4, -0.2) is 40.0 Å². The molecule has 0 atom stereocenters. The van der Waals surface area contributed by atoms with Crippen LogP contribution in [0.5, 0.6) is 5.75 Å². The van der Waals surface area contributed by atoms with Gasteiger partial charge >= 0.3 is 0 Å². The lowest BCUT2D eigenvalue weighted by Crippen LogP contribution is -2.24. The van der Waals surface area contributed by atoms with E-state index >= 15 is 0 Å². The van der Waals surface area contributed by atoms with Crippen LogP contribution in [0.4, 0.5) is 0 Å². The average Bonchev–Trinajstić information content (AvgIpc) is 3.31. The normalized spacial score (nSPS) is 11.2. The van der Waals surface area contributed by atoms with E-state index in [1.54, 1.807) is 17.7 Å². The highest BCUT2D eigenvalue weighted by Crippen LogP contribution is 2.24. The molecule has 166 valence electrons. The predicted octanol–water partition coefficient (Wildman–Crippen LogP) is 4.17. The zero-order valence-corrected chi connectivity index (χ0v) is 18.8. The molecule has 0 bridgehead atoms. The number of rotatable bonds is 10. The Hall–Kier alpha value is -3.17. The van der Waals surface area contributed by atoms with Gasteiger partial charge in [-0.2, -0.15) is 4.98 Å². The molecular weight excluding hydrogens is 428 g/mol. The number of methoxy groups -OCH3 is 1. The van der Waals surface area contributed by atoms with Gasteiger partial charge in [0.15, 0.2) is 5.16 Å². The van der Waals surface area contributed by atoms with E-state index in [-0.39, 0.29) is 5.56 Å². The van der Waals surface area contributed by atoms with Crippen molar-refractivity contribution in [2.75, 3.05) is 20.3 Å². The zero-order chi connectivity index (χ0) is 22.3. The molecule has 0 radical (unpaired) electrons. The minimum Gasteiger partial charge on any atom is -0.497 e. The molecule has 0 N–H and O–H groups in total. The summed E-state index contributed by atoms with van der Waals surface area (Å²) in [6, 6.07) is 14.8. The second-order valence-corrected chi connectivity index (χ2v) is 7.89. The highest BCUT2D eigenvalue weighted by Gasteiger charge is 2.14. The first kappa shape index (κ1) is 22.0. The summed E-state index contributed by atoms with van der Waals surface area (Å²) in [7, 11) is 1.62. The molecule has 0 aliphatic rings. The van der Waals surface area contributed by atoms with E-state index in [0.29, 0.717) is 53.3 Å². The summed E-state index contributed by atoms with van der Waals surface area (Å²) in [5.41, 5.74) is 1.45. The van der Waals surface area contributed by atoms with Crippen molar-refractivity contribution in [3.63, 3.8) is 0 Å². The molecule has 8 nitrogen and oxygen atoms in total. The summed E-state index contributed by atoms with van der Waals surface area (Å²) in [4.78, 5) is 22.3. The maximum atomic E-state index is 13.1. The van der Waals surface area contributed by atoms with E-state index in [2.05, 4.69) is 10.1 Å². The van der Waals surface area contributed by atoms with Gasteiger partial charge in [-0.1, -0.05) is 29.1 Å². The highest BCUT2D eigenvalue weighted by atomic mass is 32.2. The fraction of sp³-hybridized carbons (Fsp3) is 0.304. The van der Waals surface area contributed by atoms with E-state index in [4.69, 9.17) is 19.0 Å². The van der Waals surface area contributed by atoms with Crippen LogP contribution in [0.15, 0.2) is 63.0 Å². The third kappa shape index (κ3) is 5.00. The Morgan fingerprint density at radius 1 is 1.09 bits per heavy atom. The minimum absolute atomic E-state index is 0.0564. The summed E-state index contributed by atoms with van der Waals surface area (Å²) >= 11 is 1.40. The second-order valence-electron chi connectivity index (χ2n) is 6.95. The van der Waals surface area contributed by atoms with E-state index < -0.39 is 0 Å². The lowest BCUT2D eigenvalue weighted by molar-refractivity contribution is 0.140. The minimum atomic E-state index is -0.0564. The standard InChI is InChI=1S/C23H24N4O4S/c1-3-30-14-6-13-27-22(28)18-7-4-5-8-19(18)24-23(27)32-15-20-25-21(26-31-20)16-9-11-17(29-2)12-10-16/h4-5,7-12H,3,6,13-15H2,1-2H3. The number of fused-ring (bicyclic) bond motifs is 1. The van der Waals surface area contributed by atoms with Crippen LogP contribution < -0.4 is 10.3 Å². The molecule has 0 aliphatic carbocycles. The quantitative estimate of drug-likeness (QED) is 0.201. The zero-order valence-electron chi connectivity index (χ0n) is 18.0. The predicted molar refractivity (Wildman–Crippen MR) is 123 cm³/mol. The van der Waals surface area contributed by atoms with Crippen molar-refractivity contribution < 1.29 is 14.0 Å². The smallest absolute Gasteiger partial charge is 0.262 e. The Kier molecular flexibility index (Phi) is 7.18. The van der Waals surface area contributed by atoms with Crippen molar-refractivity contribution in [2.45, 2.75) is 30.8 Å². The molecular formula is C23H24N4O4S. The van der Waals surface area contributed by atoms with Crippen molar-refractivity contribution in [3.05, 3.63) is 64.8 Å². The molecule has 2 aromatic carbocycles. The van der Waals surface area contributed by atoms with E-state index in [0.717, 1.165) is 17.7 Å². The Balaban J connectivity index is 1.54. The molecule has 0 amide bonds. The molecule has 4 aromatic rings. The topological polar surface area (TPSA) is 92.3 Å². The molecule has 0 unspecified atom stereocenters. The van der Waals surface area contributed by atoms with Crippen LogP contribution in [0.3, 0.4) is 0 Å². The van der Waals surface area contributed by atoms with Crippen LogP contribution in [0, 0.1) is 0 Å². The molecule has 32 heavy (non-hydrogen) atoms. The molecule has 0 saturated carbocycles. The molecule has 2 aromatic heterocycles. The van der Waals surface area contributed by atoms with Gasteiger partial charge in [0.25, 0.3) is 5.56 Å². The number of hydrogen-bond donors (Lipinski definition) is 0. The summed E-state index contributed by atoms with van der Waals surface area (Å²) < 4.78 is 17.7. The number of ether oxygens (including phenoxy) is 2. The third-order valence-electron chi connectivity index (χ3n) is 4.84. The Bertz CT molecular complexity index is 1240. The highest BCUT2D eigenvalue weighted by molar-refractivity contribution is 7.98. The van der Waals surface area contributed by atoms with E-state index in [1.165, 1.54) is 11.8 Å². The number of aromatic nitrogens is 4. The summed E-state index contributed by atoms with van der Waals surface area (Å²) in [6.45, 7) is 3.73. The van der Waals surface area contributed by atoms with Crippen LogP contribution in [0.2, 0.25) is 0 Å². The first-order valence-electron chi connectivity index (χ1n) is 10.4. The van der Waals surface area contributed by atoms with Gasteiger partial charge < -0.3 is 14.0 Å². The van der Waals surface area contributed by atoms with Crippen LogP contribution in [-0.2, 0) is 17.0 Å². The Morgan fingerprint density at radius 2 is 1.91 bits per heavy atom. The summed E-state index contributed by atoms with van der Waals surface area (Å²) in [5.74, 6) is 2.13. The van der Waals surface area contributed by atoms with Crippen LogP contribution >= 0.6 is 11.8 Å². The van der Waals surface area contributed by atoms with Gasteiger partial charge in [0.2, 0.25) is 11.7 Å². The number of nitrogens with zero attached hydrogens (tertiary/aromatic N) is 4. The molecule has 0 saturated heterocycles. The molecule has 0 aliphatic heterocycles. The van der Waals surface area contributed by atoms with Crippen LogP contribution in [0.25, 0.3) is 22.3 Å². The monoisotopic (exact) mass is 452 g/mol.